The first-order valence-corrected chi connectivity index (χ1v) is 12.4. The molecule has 1 amide bonds. The third-order valence-electron chi connectivity index (χ3n) is 6.77. The lowest BCUT2D eigenvalue weighted by Gasteiger charge is -2.21. The zero-order valence-corrected chi connectivity index (χ0v) is 20.8. The molecule has 4 heterocycles. The van der Waals surface area contributed by atoms with E-state index in [2.05, 4.69) is 30.7 Å². The van der Waals surface area contributed by atoms with Gasteiger partial charge in [-0.1, -0.05) is 6.07 Å². The smallest absolute Gasteiger partial charge is 0.380 e. The number of aryl methyl sites for hydroxylation is 1. The Morgan fingerprint density at radius 2 is 2.18 bits per heavy atom. The van der Waals surface area contributed by atoms with Gasteiger partial charge in [0.05, 0.1) is 36.9 Å². The van der Waals surface area contributed by atoms with Crippen molar-refractivity contribution in [1.82, 2.24) is 25.4 Å². The fraction of sp³-hybridized carbons (Fsp3) is 0.423. The molecule has 38 heavy (non-hydrogen) atoms. The van der Waals surface area contributed by atoms with E-state index in [9.17, 15) is 18.0 Å². The van der Waals surface area contributed by atoms with Gasteiger partial charge in [-0.3, -0.25) is 19.8 Å². The summed E-state index contributed by atoms with van der Waals surface area (Å²) < 4.78 is 51.0. The number of carbonyl (C=O) groups is 1. The molecule has 2 saturated heterocycles. The van der Waals surface area contributed by atoms with Crippen molar-refractivity contribution in [3.63, 3.8) is 0 Å². The summed E-state index contributed by atoms with van der Waals surface area (Å²) in [4.78, 5) is 19.2. The number of pyridine rings is 1. The number of likely N-dealkylation sites (tertiary alicyclic amines) is 1. The summed E-state index contributed by atoms with van der Waals surface area (Å²) >= 11 is 0. The van der Waals surface area contributed by atoms with E-state index in [4.69, 9.17) is 9.47 Å². The first-order chi connectivity index (χ1) is 18.3. The predicted octanol–water partition coefficient (Wildman–Crippen LogP) is 3.39. The summed E-state index contributed by atoms with van der Waals surface area (Å²) in [7, 11) is 0. The van der Waals surface area contributed by atoms with Crippen molar-refractivity contribution in [2.24, 2.45) is 0 Å². The van der Waals surface area contributed by atoms with Crippen molar-refractivity contribution in [1.29, 1.82) is 0 Å². The topological polar surface area (TPSA) is 104 Å². The minimum atomic E-state index is -4.47. The molecule has 0 radical (unpaired) electrons. The van der Waals surface area contributed by atoms with Crippen LogP contribution in [0.5, 0.6) is 0 Å². The molecule has 0 aliphatic carbocycles. The number of benzene rings is 1. The Morgan fingerprint density at radius 1 is 1.32 bits per heavy atom. The van der Waals surface area contributed by atoms with Crippen LogP contribution in [0.4, 0.5) is 19.0 Å². The maximum Gasteiger partial charge on any atom is 0.416 e. The second-order valence-electron chi connectivity index (χ2n) is 9.52. The summed E-state index contributed by atoms with van der Waals surface area (Å²) in [5, 5.41) is 12.6. The number of alkyl halides is 3. The number of amides is 1. The van der Waals surface area contributed by atoms with Crippen LogP contribution >= 0.6 is 0 Å². The van der Waals surface area contributed by atoms with Crippen LogP contribution in [0.1, 0.15) is 23.2 Å². The number of rotatable bonds is 8. The largest absolute Gasteiger partial charge is 0.416 e. The number of aromatic amines is 1. The summed E-state index contributed by atoms with van der Waals surface area (Å²) in [5.41, 5.74) is 2.49. The number of nitrogens with one attached hydrogen (secondary N) is 3. The van der Waals surface area contributed by atoms with Crippen LogP contribution in [-0.4, -0.2) is 71.0 Å². The highest BCUT2D eigenvalue weighted by Crippen LogP contribution is 2.33. The van der Waals surface area contributed by atoms with Gasteiger partial charge < -0.3 is 20.1 Å². The van der Waals surface area contributed by atoms with Gasteiger partial charge in [0.25, 0.3) is 0 Å². The molecule has 9 nitrogen and oxygen atoms in total. The number of ether oxygens (including phenoxy) is 2. The number of fused-ring (bicyclic) bond motifs is 1. The second kappa shape index (κ2) is 11.1. The molecule has 5 rings (SSSR count). The number of hydrogen-bond acceptors (Lipinski definition) is 7. The lowest BCUT2D eigenvalue weighted by molar-refractivity contribution is -0.137. The van der Waals surface area contributed by atoms with Crippen LogP contribution in [0.3, 0.4) is 0 Å². The molecule has 3 N–H and O–H groups in total. The van der Waals surface area contributed by atoms with Crippen LogP contribution in [-0.2, 0) is 27.1 Å². The molecular formula is C26H29F3N6O3. The standard InChI is InChI=1S/C26H29F3N6O3/c1-16-2-3-17(9-30-16)14-38-23-13-35(20-6-7-37-15-20)12-18(23)10-31-24(36)11-32-25-21-8-19(26(27,28)29)4-5-22(21)33-34-25/h2-5,8-10,20,23H,6-7,11-15H2,1H3,(H,31,36)(H2,32,33,34)/t20?,23-/m0/s1. The highest BCUT2D eigenvalue weighted by atomic mass is 19.4. The van der Waals surface area contributed by atoms with E-state index in [1.54, 1.807) is 12.4 Å². The Bertz CT molecular complexity index is 1300. The van der Waals surface area contributed by atoms with Crippen molar-refractivity contribution in [2.45, 2.75) is 38.3 Å². The Kier molecular flexibility index (Phi) is 7.63. The van der Waals surface area contributed by atoms with Crippen molar-refractivity contribution >= 4 is 22.6 Å². The SMILES string of the molecule is Cc1ccc(CO[C@H]2CN(C3CCOC3)CC2=CNC(=O)CNc2n[nH]c3ccc(C(F)(F)F)cc23)cn1. The molecule has 0 spiro atoms. The lowest BCUT2D eigenvalue weighted by Crippen LogP contribution is -2.34. The molecule has 3 aromatic rings. The lowest BCUT2D eigenvalue weighted by atomic mass is 10.1. The second-order valence-corrected chi connectivity index (χ2v) is 9.52. The summed E-state index contributed by atoms with van der Waals surface area (Å²) in [5.74, 6) is -0.181. The zero-order valence-electron chi connectivity index (χ0n) is 20.8. The number of halogens is 3. The van der Waals surface area contributed by atoms with Gasteiger partial charge in [-0.15, -0.1) is 0 Å². The average Bonchev–Trinajstić information content (AvgIpc) is 3.65. The van der Waals surface area contributed by atoms with Gasteiger partial charge >= 0.3 is 6.18 Å². The van der Waals surface area contributed by atoms with Gasteiger partial charge in [0.1, 0.15) is 0 Å². The van der Waals surface area contributed by atoms with Gasteiger partial charge in [0, 0.05) is 49.2 Å². The van der Waals surface area contributed by atoms with E-state index in [0.717, 1.165) is 42.0 Å². The number of anilines is 1. The van der Waals surface area contributed by atoms with Gasteiger partial charge in [-0.05, 0) is 48.7 Å². The van der Waals surface area contributed by atoms with E-state index in [-0.39, 0.29) is 29.8 Å². The molecule has 0 saturated carbocycles. The Hall–Kier alpha value is -3.48. The normalized spacial score (nSPS) is 21.4. The maximum atomic E-state index is 13.1. The van der Waals surface area contributed by atoms with Crippen LogP contribution in [0, 0.1) is 6.92 Å². The Labute approximate surface area is 217 Å². The van der Waals surface area contributed by atoms with Crippen molar-refractivity contribution in [3.8, 4) is 0 Å². The number of carbonyl (C=O) groups excluding carboxylic acids is 1. The van der Waals surface area contributed by atoms with Gasteiger partial charge in [0.2, 0.25) is 5.91 Å². The number of hydrogen-bond donors (Lipinski definition) is 3. The molecule has 1 unspecified atom stereocenters. The number of H-pyrrole nitrogens is 1. The fourth-order valence-electron chi connectivity index (χ4n) is 4.61. The zero-order chi connectivity index (χ0) is 26.7. The van der Waals surface area contributed by atoms with E-state index in [0.29, 0.717) is 37.9 Å². The molecule has 1 aromatic carbocycles. The monoisotopic (exact) mass is 530 g/mol. The van der Waals surface area contributed by atoms with Crippen molar-refractivity contribution in [3.05, 3.63) is 65.1 Å². The van der Waals surface area contributed by atoms with Crippen LogP contribution in [0.25, 0.3) is 10.9 Å². The third-order valence-corrected chi connectivity index (χ3v) is 6.77. The fourth-order valence-corrected chi connectivity index (χ4v) is 4.61. The molecule has 2 aliphatic heterocycles. The van der Waals surface area contributed by atoms with Crippen LogP contribution in [0.15, 0.2) is 48.3 Å². The minimum Gasteiger partial charge on any atom is -0.380 e. The molecule has 2 aliphatic rings. The van der Waals surface area contributed by atoms with E-state index >= 15 is 0 Å². The predicted molar refractivity (Wildman–Crippen MR) is 134 cm³/mol. The first-order valence-electron chi connectivity index (χ1n) is 12.4. The van der Waals surface area contributed by atoms with Crippen LogP contribution < -0.4 is 10.6 Å². The molecule has 2 fully saturated rings. The molecule has 12 heteroatoms. The van der Waals surface area contributed by atoms with E-state index in [1.165, 1.54) is 6.07 Å². The summed E-state index contributed by atoms with van der Waals surface area (Å²) in [6.45, 7) is 4.89. The third kappa shape index (κ3) is 6.14. The molecular weight excluding hydrogens is 501 g/mol. The minimum absolute atomic E-state index is 0.166. The highest BCUT2D eigenvalue weighted by molar-refractivity contribution is 5.92. The van der Waals surface area contributed by atoms with Gasteiger partial charge in [-0.2, -0.15) is 18.3 Å². The highest BCUT2D eigenvalue weighted by Gasteiger charge is 2.34. The number of nitrogens with zero attached hydrogens (tertiary/aromatic N) is 3. The molecule has 202 valence electrons. The van der Waals surface area contributed by atoms with Crippen LogP contribution in [0.2, 0.25) is 0 Å². The van der Waals surface area contributed by atoms with Crippen molar-refractivity contribution < 1.29 is 27.4 Å². The Balaban J connectivity index is 1.21. The molecule has 2 aromatic heterocycles. The Morgan fingerprint density at radius 3 is 2.92 bits per heavy atom. The molecule has 0 bridgehead atoms. The summed E-state index contributed by atoms with van der Waals surface area (Å²) in [6, 6.07) is 7.53. The first kappa shape index (κ1) is 26.1. The van der Waals surface area contributed by atoms with E-state index < -0.39 is 11.7 Å². The number of aromatic nitrogens is 3. The molecule has 2 atom stereocenters. The maximum absolute atomic E-state index is 13.1. The average molecular weight is 531 g/mol. The quantitative estimate of drug-likeness (QED) is 0.410. The van der Waals surface area contributed by atoms with Gasteiger partial charge in [-0.25, -0.2) is 0 Å². The van der Waals surface area contributed by atoms with Gasteiger partial charge in [0.15, 0.2) is 5.82 Å². The van der Waals surface area contributed by atoms with E-state index in [1.807, 2.05) is 19.1 Å². The van der Waals surface area contributed by atoms with Crippen molar-refractivity contribution in [2.75, 3.05) is 38.2 Å². The summed E-state index contributed by atoms with van der Waals surface area (Å²) in [6.07, 6.45) is -0.268.